The number of rotatable bonds is 7. The van der Waals surface area contributed by atoms with Crippen molar-refractivity contribution in [2.45, 2.75) is 32.1 Å². The second-order valence-corrected chi connectivity index (χ2v) is 7.24. The number of carbonyl (C=O) groups excluding carboxylic acids is 3. The van der Waals surface area contributed by atoms with E-state index in [4.69, 9.17) is 23.2 Å². The minimum atomic E-state index is -0.483. The van der Waals surface area contributed by atoms with Crippen molar-refractivity contribution in [3.63, 3.8) is 0 Å². The van der Waals surface area contributed by atoms with Gasteiger partial charge in [-0.3, -0.25) is 14.4 Å². The molecule has 1 aliphatic rings. The maximum Gasteiger partial charge on any atom is 0.253 e. The molecule has 6 nitrogen and oxygen atoms in total. The Labute approximate surface area is 163 Å². The summed E-state index contributed by atoms with van der Waals surface area (Å²) in [6.07, 6.45) is 5.99. The number of amides is 3. The molecule has 1 saturated carbocycles. The zero-order valence-corrected chi connectivity index (χ0v) is 16.0. The average molecular weight is 400 g/mol. The molecule has 0 aromatic heterocycles. The largest absolute Gasteiger partial charge is 0.354 e. The van der Waals surface area contributed by atoms with Crippen molar-refractivity contribution in [2.24, 2.45) is 5.92 Å². The number of carbonyl (C=O) groups is 3. The van der Waals surface area contributed by atoms with Crippen molar-refractivity contribution in [3.8, 4) is 0 Å². The molecule has 8 heteroatoms. The predicted molar refractivity (Wildman–Crippen MR) is 101 cm³/mol. The zero-order valence-electron chi connectivity index (χ0n) is 14.4. The number of benzene rings is 1. The van der Waals surface area contributed by atoms with Gasteiger partial charge in [0, 0.05) is 11.6 Å². The fourth-order valence-corrected chi connectivity index (χ4v) is 3.38. The first kappa shape index (κ1) is 20.5. The topological polar surface area (TPSA) is 87.3 Å². The highest BCUT2D eigenvalue weighted by Crippen LogP contribution is 2.22. The van der Waals surface area contributed by atoms with E-state index in [1.165, 1.54) is 31.4 Å². The molecule has 0 bridgehead atoms. The van der Waals surface area contributed by atoms with Crippen LogP contribution in [-0.2, 0) is 9.59 Å². The van der Waals surface area contributed by atoms with Crippen LogP contribution in [-0.4, -0.2) is 37.4 Å². The van der Waals surface area contributed by atoms with Gasteiger partial charge in [0.05, 0.1) is 23.7 Å². The fraction of sp³-hybridized carbons (Fsp3) is 0.500. The van der Waals surface area contributed by atoms with Crippen molar-refractivity contribution >= 4 is 40.9 Å². The van der Waals surface area contributed by atoms with Crippen molar-refractivity contribution < 1.29 is 14.4 Å². The quantitative estimate of drug-likeness (QED) is 0.658. The smallest absolute Gasteiger partial charge is 0.253 e. The molecular formula is C18H23Cl2N3O3. The predicted octanol–water partition coefficient (Wildman–Crippen LogP) is 2.54. The lowest BCUT2D eigenvalue weighted by atomic mass is 9.89. The molecule has 0 saturated heterocycles. The number of halogens is 2. The van der Waals surface area contributed by atoms with E-state index < -0.39 is 11.8 Å². The van der Waals surface area contributed by atoms with E-state index >= 15 is 0 Å². The maximum atomic E-state index is 12.0. The van der Waals surface area contributed by atoms with Crippen LogP contribution in [0.5, 0.6) is 0 Å². The van der Waals surface area contributed by atoms with E-state index in [1.54, 1.807) is 6.07 Å². The highest BCUT2D eigenvalue weighted by molar-refractivity contribution is 6.36. The average Bonchev–Trinajstić information content (AvgIpc) is 2.63. The van der Waals surface area contributed by atoms with Crippen LogP contribution in [0.4, 0.5) is 0 Å². The van der Waals surface area contributed by atoms with Crippen molar-refractivity contribution in [1.82, 2.24) is 16.0 Å². The Morgan fingerprint density at radius 3 is 2.27 bits per heavy atom. The molecule has 3 N–H and O–H groups in total. The molecule has 3 amide bonds. The van der Waals surface area contributed by atoms with Gasteiger partial charge in [0.15, 0.2) is 0 Å². The molecular weight excluding hydrogens is 377 g/mol. The van der Waals surface area contributed by atoms with Crippen LogP contribution in [0.25, 0.3) is 0 Å². The van der Waals surface area contributed by atoms with Crippen LogP contribution in [0.15, 0.2) is 18.2 Å². The van der Waals surface area contributed by atoms with Gasteiger partial charge >= 0.3 is 0 Å². The standard InChI is InChI=1S/C18H23Cl2N3O3/c19-13-6-7-14(15(20)8-13)18(26)23-11-17(25)22-10-16(24)21-9-12-4-2-1-3-5-12/h6-8,12H,1-5,9-11H2,(H,21,24)(H,22,25)(H,23,26). The molecule has 0 spiro atoms. The summed E-state index contributed by atoms with van der Waals surface area (Å²) < 4.78 is 0. The number of hydrogen-bond donors (Lipinski definition) is 3. The van der Waals surface area contributed by atoms with E-state index in [1.807, 2.05) is 0 Å². The molecule has 2 rings (SSSR count). The maximum absolute atomic E-state index is 12.0. The Bertz CT molecular complexity index is 661. The summed E-state index contributed by atoms with van der Waals surface area (Å²) >= 11 is 11.7. The van der Waals surface area contributed by atoms with Crippen LogP contribution in [0, 0.1) is 5.92 Å². The second-order valence-electron chi connectivity index (χ2n) is 6.39. The van der Waals surface area contributed by atoms with E-state index in [0.717, 1.165) is 12.8 Å². The fourth-order valence-electron chi connectivity index (χ4n) is 2.88. The molecule has 0 radical (unpaired) electrons. The van der Waals surface area contributed by atoms with Gasteiger partial charge in [-0.25, -0.2) is 0 Å². The Kier molecular flexibility index (Phi) is 8.19. The highest BCUT2D eigenvalue weighted by atomic mass is 35.5. The Balaban J connectivity index is 1.64. The summed E-state index contributed by atoms with van der Waals surface area (Å²) in [5, 5.41) is 8.40. The van der Waals surface area contributed by atoms with E-state index in [0.29, 0.717) is 17.5 Å². The third kappa shape index (κ3) is 6.84. The lowest BCUT2D eigenvalue weighted by Gasteiger charge is -2.21. The first-order valence-corrected chi connectivity index (χ1v) is 9.48. The first-order valence-electron chi connectivity index (χ1n) is 8.72. The van der Waals surface area contributed by atoms with Gasteiger partial charge in [-0.15, -0.1) is 0 Å². The third-order valence-electron chi connectivity index (χ3n) is 4.34. The molecule has 142 valence electrons. The third-order valence-corrected chi connectivity index (χ3v) is 4.89. The van der Waals surface area contributed by atoms with E-state index in [9.17, 15) is 14.4 Å². The number of hydrogen-bond acceptors (Lipinski definition) is 3. The van der Waals surface area contributed by atoms with Gasteiger partial charge in [-0.05, 0) is 37.0 Å². The van der Waals surface area contributed by atoms with Crippen LogP contribution in [0.3, 0.4) is 0 Å². The molecule has 1 aromatic rings. The van der Waals surface area contributed by atoms with E-state index in [-0.39, 0.29) is 29.6 Å². The summed E-state index contributed by atoms with van der Waals surface area (Å²) in [5.74, 6) is -0.623. The molecule has 1 aliphatic carbocycles. The Hall–Kier alpha value is -1.79. The summed E-state index contributed by atoms with van der Waals surface area (Å²) in [4.78, 5) is 35.6. The zero-order chi connectivity index (χ0) is 18.9. The summed E-state index contributed by atoms with van der Waals surface area (Å²) in [6.45, 7) is 0.303. The SMILES string of the molecule is O=C(CNC(=O)CNC(=O)c1ccc(Cl)cc1Cl)NCC1CCCCC1. The second kappa shape index (κ2) is 10.4. The normalized spacial score (nSPS) is 14.5. The van der Waals surface area contributed by atoms with Crippen molar-refractivity contribution in [2.75, 3.05) is 19.6 Å². The van der Waals surface area contributed by atoms with Gasteiger partial charge < -0.3 is 16.0 Å². The van der Waals surface area contributed by atoms with Crippen LogP contribution in [0.1, 0.15) is 42.5 Å². The summed E-state index contributed by atoms with van der Waals surface area (Å²) in [5.41, 5.74) is 0.231. The molecule has 0 heterocycles. The Morgan fingerprint density at radius 1 is 0.923 bits per heavy atom. The van der Waals surface area contributed by atoms with Gasteiger partial charge in [0.25, 0.3) is 5.91 Å². The molecule has 1 fully saturated rings. The highest BCUT2D eigenvalue weighted by Gasteiger charge is 2.15. The van der Waals surface area contributed by atoms with Crippen LogP contribution < -0.4 is 16.0 Å². The van der Waals surface area contributed by atoms with Gasteiger partial charge in [0.2, 0.25) is 11.8 Å². The lowest BCUT2D eigenvalue weighted by Crippen LogP contribution is -2.43. The molecule has 1 aromatic carbocycles. The molecule has 0 atom stereocenters. The van der Waals surface area contributed by atoms with Crippen LogP contribution >= 0.6 is 23.2 Å². The minimum absolute atomic E-state index is 0.108. The van der Waals surface area contributed by atoms with Crippen LogP contribution in [0.2, 0.25) is 10.0 Å². The summed E-state index contributed by atoms with van der Waals surface area (Å²) in [7, 11) is 0. The molecule has 26 heavy (non-hydrogen) atoms. The van der Waals surface area contributed by atoms with Crippen molar-refractivity contribution in [1.29, 1.82) is 0 Å². The Morgan fingerprint density at radius 2 is 1.58 bits per heavy atom. The van der Waals surface area contributed by atoms with Gasteiger partial charge in [-0.2, -0.15) is 0 Å². The summed E-state index contributed by atoms with van der Waals surface area (Å²) in [6, 6.07) is 4.48. The first-order chi connectivity index (χ1) is 12.5. The minimum Gasteiger partial charge on any atom is -0.354 e. The van der Waals surface area contributed by atoms with Gasteiger partial charge in [-0.1, -0.05) is 42.5 Å². The van der Waals surface area contributed by atoms with E-state index in [2.05, 4.69) is 16.0 Å². The molecule has 0 unspecified atom stereocenters. The van der Waals surface area contributed by atoms with Gasteiger partial charge in [0.1, 0.15) is 0 Å². The molecule has 0 aliphatic heterocycles. The lowest BCUT2D eigenvalue weighted by molar-refractivity contribution is -0.125. The van der Waals surface area contributed by atoms with Crippen molar-refractivity contribution in [3.05, 3.63) is 33.8 Å². The monoisotopic (exact) mass is 399 g/mol. The number of nitrogens with one attached hydrogen (secondary N) is 3.